The third kappa shape index (κ3) is 2.57. The molecule has 6 heteroatoms. The number of hydrogen-bond donors (Lipinski definition) is 1. The fraction of sp³-hybridized carbons (Fsp3) is 0.333. The summed E-state index contributed by atoms with van der Waals surface area (Å²) in [5.41, 5.74) is 0.0255. The lowest BCUT2D eigenvalue weighted by Gasteiger charge is -2.16. The normalized spacial score (nSPS) is 14.8. The second kappa shape index (κ2) is 5.02. The third-order valence-electron chi connectivity index (χ3n) is 3.68. The summed E-state index contributed by atoms with van der Waals surface area (Å²) in [5, 5.41) is 0. The van der Waals surface area contributed by atoms with Crippen LogP contribution in [0.1, 0.15) is 29.7 Å². The predicted molar refractivity (Wildman–Crippen MR) is 71.9 cm³/mol. The number of aromatic amines is 1. The van der Waals surface area contributed by atoms with E-state index < -0.39 is 11.7 Å². The zero-order valence-corrected chi connectivity index (χ0v) is 11.1. The van der Waals surface area contributed by atoms with Crippen LogP contribution in [-0.4, -0.2) is 9.97 Å². The van der Waals surface area contributed by atoms with E-state index in [1.807, 2.05) is 0 Å². The van der Waals surface area contributed by atoms with Crippen LogP contribution in [0.25, 0.3) is 11.4 Å². The monoisotopic (exact) mass is 294 g/mol. The molecule has 1 aromatic heterocycles. The Kier molecular flexibility index (Phi) is 3.31. The lowest BCUT2D eigenvalue weighted by atomic mass is 9.96. The van der Waals surface area contributed by atoms with Gasteiger partial charge in [-0.05, 0) is 31.7 Å². The summed E-state index contributed by atoms with van der Waals surface area (Å²) in [6.45, 7) is 0. The highest BCUT2D eigenvalue weighted by molar-refractivity contribution is 5.61. The van der Waals surface area contributed by atoms with E-state index in [4.69, 9.17) is 0 Å². The van der Waals surface area contributed by atoms with Crippen LogP contribution in [0.4, 0.5) is 13.2 Å². The topological polar surface area (TPSA) is 45.8 Å². The Morgan fingerprint density at radius 2 is 1.81 bits per heavy atom. The number of aromatic nitrogens is 2. The van der Waals surface area contributed by atoms with Gasteiger partial charge in [0.25, 0.3) is 5.56 Å². The summed E-state index contributed by atoms with van der Waals surface area (Å²) in [7, 11) is 0. The highest BCUT2D eigenvalue weighted by Gasteiger charge is 2.34. The molecule has 1 aromatic carbocycles. The first-order chi connectivity index (χ1) is 9.97. The number of aryl methyl sites for hydroxylation is 1. The SMILES string of the molecule is O=c1[nH]c(-c2ccccc2C(F)(F)F)nc2c1CCCC2. The zero-order chi connectivity index (χ0) is 15.0. The molecule has 1 heterocycles. The number of H-pyrrole nitrogens is 1. The average molecular weight is 294 g/mol. The third-order valence-corrected chi connectivity index (χ3v) is 3.68. The van der Waals surface area contributed by atoms with Gasteiger partial charge in [0.2, 0.25) is 0 Å². The lowest BCUT2D eigenvalue weighted by molar-refractivity contribution is -0.137. The van der Waals surface area contributed by atoms with Crippen LogP contribution in [0.5, 0.6) is 0 Å². The molecule has 0 aliphatic heterocycles. The molecule has 0 atom stereocenters. The Balaban J connectivity index is 2.18. The number of alkyl halides is 3. The Labute approximate surface area is 118 Å². The van der Waals surface area contributed by atoms with Crippen molar-refractivity contribution in [2.75, 3.05) is 0 Å². The molecule has 0 bridgehead atoms. The van der Waals surface area contributed by atoms with E-state index in [0.29, 0.717) is 24.1 Å². The molecule has 0 saturated heterocycles. The molecule has 0 saturated carbocycles. The number of rotatable bonds is 1. The van der Waals surface area contributed by atoms with Crippen molar-refractivity contribution in [3.8, 4) is 11.4 Å². The Morgan fingerprint density at radius 1 is 1.10 bits per heavy atom. The molecule has 3 rings (SSSR count). The van der Waals surface area contributed by atoms with Crippen LogP contribution in [-0.2, 0) is 19.0 Å². The number of benzene rings is 1. The first-order valence-electron chi connectivity index (χ1n) is 6.75. The fourth-order valence-corrected chi connectivity index (χ4v) is 2.67. The van der Waals surface area contributed by atoms with E-state index in [2.05, 4.69) is 9.97 Å². The molecule has 110 valence electrons. The van der Waals surface area contributed by atoms with Gasteiger partial charge in [-0.1, -0.05) is 18.2 Å². The van der Waals surface area contributed by atoms with Gasteiger partial charge in [0.05, 0.1) is 11.3 Å². The molecule has 21 heavy (non-hydrogen) atoms. The van der Waals surface area contributed by atoms with Crippen molar-refractivity contribution in [1.82, 2.24) is 9.97 Å². The molecular weight excluding hydrogens is 281 g/mol. The number of nitrogens with one attached hydrogen (secondary N) is 1. The van der Waals surface area contributed by atoms with Crippen molar-refractivity contribution in [3.63, 3.8) is 0 Å². The highest BCUT2D eigenvalue weighted by Crippen LogP contribution is 2.35. The van der Waals surface area contributed by atoms with Crippen molar-refractivity contribution in [3.05, 3.63) is 51.4 Å². The largest absolute Gasteiger partial charge is 0.417 e. The van der Waals surface area contributed by atoms with Crippen molar-refractivity contribution >= 4 is 0 Å². The second-order valence-corrected chi connectivity index (χ2v) is 5.09. The van der Waals surface area contributed by atoms with Gasteiger partial charge >= 0.3 is 6.18 Å². The number of nitrogens with zero attached hydrogens (tertiary/aromatic N) is 1. The van der Waals surface area contributed by atoms with Gasteiger partial charge in [-0.15, -0.1) is 0 Å². The first-order valence-corrected chi connectivity index (χ1v) is 6.75. The Bertz CT molecular complexity index is 734. The fourth-order valence-electron chi connectivity index (χ4n) is 2.67. The smallest absolute Gasteiger partial charge is 0.306 e. The van der Waals surface area contributed by atoms with E-state index in [0.717, 1.165) is 18.9 Å². The molecule has 0 fully saturated rings. The quantitative estimate of drug-likeness (QED) is 0.877. The number of halogens is 3. The van der Waals surface area contributed by atoms with Crippen LogP contribution < -0.4 is 5.56 Å². The van der Waals surface area contributed by atoms with Crippen LogP contribution in [0.2, 0.25) is 0 Å². The maximum Gasteiger partial charge on any atom is 0.417 e. The van der Waals surface area contributed by atoms with Gasteiger partial charge in [-0.25, -0.2) is 4.98 Å². The molecule has 2 aromatic rings. The van der Waals surface area contributed by atoms with Gasteiger partial charge in [0, 0.05) is 11.1 Å². The summed E-state index contributed by atoms with van der Waals surface area (Å²) >= 11 is 0. The highest BCUT2D eigenvalue weighted by atomic mass is 19.4. The van der Waals surface area contributed by atoms with Gasteiger partial charge in [-0.3, -0.25) is 4.79 Å². The molecule has 0 amide bonds. The van der Waals surface area contributed by atoms with Crippen molar-refractivity contribution in [2.24, 2.45) is 0 Å². The van der Waals surface area contributed by atoms with E-state index in [1.54, 1.807) is 0 Å². The van der Waals surface area contributed by atoms with Crippen molar-refractivity contribution in [2.45, 2.75) is 31.9 Å². The zero-order valence-electron chi connectivity index (χ0n) is 11.1. The molecule has 1 aliphatic carbocycles. The van der Waals surface area contributed by atoms with Crippen LogP contribution >= 0.6 is 0 Å². The summed E-state index contributed by atoms with van der Waals surface area (Å²) in [6, 6.07) is 5.15. The number of hydrogen-bond acceptors (Lipinski definition) is 2. The van der Waals surface area contributed by atoms with Gasteiger partial charge in [0.1, 0.15) is 5.82 Å². The van der Waals surface area contributed by atoms with Crippen LogP contribution in [0, 0.1) is 0 Å². The van der Waals surface area contributed by atoms with E-state index in [9.17, 15) is 18.0 Å². The second-order valence-electron chi connectivity index (χ2n) is 5.09. The van der Waals surface area contributed by atoms with Gasteiger partial charge in [0.15, 0.2) is 0 Å². The van der Waals surface area contributed by atoms with Crippen LogP contribution in [0.3, 0.4) is 0 Å². The average Bonchev–Trinajstić information content (AvgIpc) is 2.46. The summed E-state index contributed by atoms with van der Waals surface area (Å²) < 4.78 is 39.2. The van der Waals surface area contributed by atoms with Crippen molar-refractivity contribution in [1.29, 1.82) is 0 Å². The van der Waals surface area contributed by atoms with E-state index >= 15 is 0 Å². The summed E-state index contributed by atoms with van der Waals surface area (Å²) in [6.07, 6.45) is -1.38. The minimum absolute atomic E-state index is 0.00595. The summed E-state index contributed by atoms with van der Waals surface area (Å²) in [4.78, 5) is 18.8. The first kappa shape index (κ1) is 13.9. The van der Waals surface area contributed by atoms with Gasteiger partial charge in [-0.2, -0.15) is 13.2 Å². The minimum atomic E-state index is -4.48. The minimum Gasteiger partial charge on any atom is -0.306 e. The molecular formula is C15H13F3N2O. The maximum absolute atomic E-state index is 13.1. The van der Waals surface area contributed by atoms with Crippen LogP contribution in [0.15, 0.2) is 29.1 Å². The molecule has 1 aliphatic rings. The summed E-state index contributed by atoms with van der Waals surface area (Å²) in [5.74, 6) is -0.00595. The predicted octanol–water partition coefficient (Wildman–Crippen LogP) is 3.33. The molecule has 0 radical (unpaired) electrons. The Hall–Kier alpha value is -2.11. The molecule has 3 nitrogen and oxygen atoms in total. The van der Waals surface area contributed by atoms with Crippen molar-refractivity contribution < 1.29 is 13.2 Å². The van der Waals surface area contributed by atoms with E-state index in [1.165, 1.54) is 18.2 Å². The number of fused-ring (bicyclic) bond motifs is 1. The van der Waals surface area contributed by atoms with E-state index in [-0.39, 0.29) is 16.9 Å². The maximum atomic E-state index is 13.1. The Morgan fingerprint density at radius 3 is 2.57 bits per heavy atom. The standard InChI is InChI=1S/C15H13F3N2O/c16-15(17,18)11-7-3-1-5-9(11)13-19-12-8-4-2-6-10(12)14(21)20-13/h1,3,5,7H,2,4,6,8H2,(H,19,20,21). The molecule has 0 spiro atoms. The lowest BCUT2D eigenvalue weighted by Crippen LogP contribution is -2.22. The molecule has 0 unspecified atom stereocenters. The van der Waals surface area contributed by atoms with Gasteiger partial charge < -0.3 is 4.98 Å². The molecule has 1 N–H and O–H groups in total.